The summed E-state index contributed by atoms with van der Waals surface area (Å²) in [5, 5.41) is 2.82. The van der Waals surface area contributed by atoms with Crippen LogP contribution in [-0.4, -0.2) is 20.4 Å². The largest absolute Gasteiger partial charge is 0.324 e. The molecule has 2 aromatic rings. The molecule has 5 nitrogen and oxygen atoms in total. The summed E-state index contributed by atoms with van der Waals surface area (Å²) in [5.74, 6) is -0.407. The standard InChI is InChI=1S/C18H21BrN2O3S/c1-11-9-12(2)17(13(3)10-11)20-18(22)14(4)21-25(23,24)16-7-5-15(19)6-8-16/h5-10,14,21H,1-4H3,(H,20,22). The van der Waals surface area contributed by atoms with Crippen molar-refractivity contribution in [3.63, 3.8) is 0 Å². The molecule has 0 aliphatic carbocycles. The molecule has 0 aromatic heterocycles. The lowest BCUT2D eigenvalue weighted by atomic mass is 10.0. The van der Waals surface area contributed by atoms with E-state index in [2.05, 4.69) is 26.0 Å². The summed E-state index contributed by atoms with van der Waals surface area (Å²) in [6.07, 6.45) is 0. The van der Waals surface area contributed by atoms with Crippen LogP contribution in [0.3, 0.4) is 0 Å². The van der Waals surface area contributed by atoms with Crippen LogP contribution >= 0.6 is 15.9 Å². The van der Waals surface area contributed by atoms with Crippen LogP contribution in [-0.2, 0) is 14.8 Å². The highest BCUT2D eigenvalue weighted by Crippen LogP contribution is 2.22. The zero-order chi connectivity index (χ0) is 18.8. The summed E-state index contributed by atoms with van der Waals surface area (Å²) < 4.78 is 28.0. The molecule has 0 aliphatic rings. The van der Waals surface area contributed by atoms with E-state index in [0.717, 1.165) is 21.2 Å². The van der Waals surface area contributed by atoms with Gasteiger partial charge >= 0.3 is 0 Å². The highest BCUT2D eigenvalue weighted by molar-refractivity contribution is 9.10. The SMILES string of the molecule is Cc1cc(C)c(NC(=O)C(C)NS(=O)(=O)c2ccc(Br)cc2)c(C)c1. The lowest BCUT2D eigenvalue weighted by molar-refractivity contribution is -0.117. The van der Waals surface area contributed by atoms with Gasteiger partial charge in [-0.1, -0.05) is 33.6 Å². The van der Waals surface area contributed by atoms with Crippen molar-refractivity contribution in [3.05, 3.63) is 57.6 Å². The van der Waals surface area contributed by atoms with Crippen molar-refractivity contribution in [1.29, 1.82) is 0 Å². The second-order valence-corrected chi connectivity index (χ2v) is 8.69. The van der Waals surface area contributed by atoms with Crippen LogP contribution in [0.4, 0.5) is 5.69 Å². The number of sulfonamides is 1. The minimum atomic E-state index is -3.77. The quantitative estimate of drug-likeness (QED) is 0.768. The van der Waals surface area contributed by atoms with Gasteiger partial charge in [-0.15, -0.1) is 0 Å². The predicted molar refractivity (Wildman–Crippen MR) is 103 cm³/mol. The van der Waals surface area contributed by atoms with E-state index in [1.165, 1.54) is 19.1 Å². The average Bonchev–Trinajstić information content (AvgIpc) is 2.50. The number of hydrogen-bond donors (Lipinski definition) is 2. The number of nitrogens with one attached hydrogen (secondary N) is 2. The molecule has 1 atom stereocenters. The summed E-state index contributed by atoms with van der Waals surface area (Å²) in [7, 11) is -3.77. The number of anilines is 1. The van der Waals surface area contributed by atoms with Crippen molar-refractivity contribution in [3.8, 4) is 0 Å². The molecule has 0 bridgehead atoms. The lowest BCUT2D eigenvalue weighted by Gasteiger charge is -2.17. The first kappa shape index (κ1) is 19.6. The number of hydrogen-bond acceptors (Lipinski definition) is 3. The maximum atomic E-state index is 12.4. The van der Waals surface area contributed by atoms with Crippen LogP contribution in [0.25, 0.3) is 0 Å². The molecule has 0 saturated carbocycles. The van der Waals surface area contributed by atoms with Crippen molar-refractivity contribution in [2.45, 2.75) is 38.6 Å². The maximum absolute atomic E-state index is 12.4. The molecular formula is C18H21BrN2O3S. The van der Waals surface area contributed by atoms with Gasteiger partial charge in [0, 0.05) is 10.2 Å². The molecule has 7 heteroatoms. The van der Waals surface area contributed by atoms with Crippen molar-refractivity contribution in [1.82, 2.24) is 4.72 Å². The number of amides is 1. The Morgan fingerprint density at radius 1 is 1.04 bits per heavy atom. The first-order valence-corrected chi connectivity index (χ1v) is 10.0. The Morgan fingerprint density at radius 2 is 1.56 bits per heavy atom. The Hall–Kier alpha value is -1.70. The van der Waals surface area contributed by atoms with E-state index in [-0.39, 0.29) is 4.90 Å². The Balaban J connectivity index is 2.14. The fourth-order valence-electron chi connectivity index (χ4n) is 2.58. The zero-order valence-corrected chi connectivity index (χ0v) is 17.0. The zero-order valence-electron chi connectivity index (χ0n) is 14.6. The molecule has 0 fully saturated rings. The summed E-state index contributed by atoms with van der Waals surface area (Å²) in [5.41, 5.74) is 3.70. The fourth-order valence-corrected chi connectivity index (χ4v) is 4.04. The molecule has 25 heavy (non-hydrogen) atoms. The van der Waals surface area contributed by atoms with Crippen molar-refractivity contribution < 1.29 is 13.2 Å². The third kappa shape index (κ3) is 4.90. The number of rotatable bonds is 5. The second kappa shape index (κ2) is 7.68. The highest BCUT2D eigenvalue weighted by Gasteiger charge is 2.22. The average molecular weight is 425 g/mol. The topological polar surface area (TPSA) is 75.3 Å². The van der Waals surface area contributed by atoms with E-state index in [4.69, 9.17) is 0 Å². The third-order valence-corrected chi connectivity index (χ3v) is 5.86. The minimum Gasteiger partial charge on any atom is -0.324 e. The minimum absolute atomic E-state index is 0.109. The Labute approximate surface area is 157 Å². The van der Waals surface area contributed by atoms with Crippen LogP contribution < -0.4 is 10.0 Å². The maximum Gasteiger partial charge on any atom is 0.242 e. The summed E-state index contributed by atoms with van der Waals surface area (Å²) in [6, 6.07) is 9.26. The fraction of sp³-hybridized carbons (Fsp3) is 0.278. The van der Waals surface area contributed by atoms with Gasteiger partial charge in [-0.05, 0) is 63.1 Å². The number of carbonyl (C=O) groups excluding carboxylic acids is 1. The van der Waals surface area contributed by atoms with Gasteiger partial charge in [0.2, 0.25) is 15.9 Å². The van der Waals surface area contributed by atoms with E-state index in [0.29, 0.717) is 5.69 Å². The van der Waals surface area contributed by atoms with Crippen LogP contribution in [0.15, 0.2) is 45.8 Å². The molecule has 2 N–H and O–H groups in total. The Kier molecular flexibility index (Phi) is 6.03. The molecular weight excluding hydrogens is 404 g/mol. The van der Waals surface area contributed by atoms with Crippen molar-refractivity contribution in [2.24, 2.45) is 0 Å². The van der Waals surface area contributed by atoms with E-state index in [1.807, 2.05) is 32.9 Å². The number of aryl methyl sites for hydroxylation is 3. The number of carbonyl (C=O) groups is 1. The van der Waals surface area contributed by atoms with E-state index in [1.54, 1.807) is 12.1 Å². The van der Waals surface area contributed by atoms with Gasteiger partial charge in [0.05, 0.1) is 10.9 Å². The molecule has 0 saturated heterocycles. The smallest absolute Gasteiger partial charge is 0.242 e. The van der Waals surface area contributed by atoms with Crippen molar-refractivity contribution >= 4 is 37.5 Å². The molecule has 0 spiro atoms. The molecule has 2 rings (SSSR count). The third-order valence-electron chi connectivity index (χ3n) is 3.77. The monoisotopic (exact) mass is 424 g/mol. The van der Waals surface area contributed by atoms with Crippen LogP contribution in [0.5, 0.6) is 0 Å². The first-order chi connectivity index (χ1) is 11.6. The summed E-state index contributed by atoms with van der Waals surface area (Å²) >= 11 is 3.26. The van der Waals surface area contributed by atoms with Gasteiger partial charge in [-0.25, -0.2) is 8.42 Å². The van der Waals surface area contributed by atoms with Gasteiger partial charge in [-0.3, -0.25) is 4.79 Å². The van der Waals surface area contributed by atoms with Gasteiger partial charge < -0.3 is 5.32 Å². The van der Waals surface area contributed by atoms with Gasteiger partial charge in [0.15, 0.2) is 0 Å². The van der Waals surface area contributed by atoms with E-state index >= 15 is 0 Å². The molecule has 0 radical (unpaired) electrons. The van der Waals surface area contributed by atoms with Crippen LogP contribution in [0.2, 0.25) is 0 Å². The van der Waals surface area contributed by atoms with Crippen LogP contribution in [0, 0.1) is 20.8 Å². The van der Waals surface area contributed by atoms with Gasteiger partial charge in [0.1, 0.15) is 0 Å². The van der Waals surface area contributed by atoms with Gasteiger partial charge in [0.25, 0.3) is 0 Å². The number of benzene rings is 2. The Bertz CT molecular complexity index is 870. The molecule has 0 heterocycles. The second-order valence-electron chi connectivity index (χ2n) is 6.06. The Morgan fingerprint density at radius 3 is 2.08 bits per heavy atom. The van der Waals surface area contributed by atoms with Gasteiger partial charge in [-0.2, -0.15) is 4.72 Å². The van der Waals surface area contributed by atoms with E-state index in [9.17, 15) is 13.2 Å². The summed E-state index contributed by atoms with van der Waals surface area (Å²) in [4.78, 5) is 12.5. The predicted octanol–water partition coefficient (Wildman–Crippen LogP) is 3.68. The summed E-state index contributed by atoms with van der Waals surface area (Å²) in [6.45, 7) is 7.32. The lowest BCUT2D eigenvalue weighted by Crippen LogP contribution is -2.41. The number of halogens is 1. The molecule has 2 aromatic carbocycles. The molecule has 0 aliphatic heterocycles. The molecule has 134 valence electrons. The first-order valence-electron chi connectivity index (χ1n) is 7.77. The molecule has 1 amide bonds. The highest BCUT2D eigenvalue weighted by atomic mass is 79.9. The van der Waals surface area contributed by atoms with Crippen LogP contribution in [0.1, 0.15) is 23.6 Å². The van der Waals surface area contributed by atoms with Crippen molar-refractivity contribution in [2.75, 3.05) is 5.32 Å². The molecule has 1 unspecified atom stereocenters. The van der Waals surface area contributed by atoms with E-state index < -0.39 is 22.0 Å². The normalized spacial score (nSPS) is 12.7.